The zero-order valence-electron chi connectivity index (χ0n) is 11.9. The number of allylic oxidation sites excluding steroid dienone is 1. The molecule has 0 aliphatic heterocycles. The lowest BCUT2D eigenvalue weighted by Gasteiger charge is -2.06. The van der Waals surface area contributed by atoms with Gasteiger partial charge in [-0.05, 0) is 35.9 Å². The lowest BCUT2D eigenvalue weighted by molar-refractivity contribution is 0.104. The van der Waals surface area contributed by atoms with Crippen molar-refractivity contribution in [1.29, 1.82) is 0 Å². The number of carbonyl (C=O) groups is 1. The third kappa shape index (κ3) is 3.42. The molecule has 4 nitrogen and oxygen atoms in total. The molecule has 0 saturated heterocycles. The first-order valence-electron chi connectivity index (χ1n) is 6.38. The second kappa shape index (κ2) is 6.61. The number of rotatable bonds is 5. The predicted molar refractivity (Wildman–Crippen MR) is 81.0 cm³/mol. The van der Waals surface area contributed by atoms with E-state index in [9.17, 15) is 9.90 Å². The van der Waals surface area contributed by atoms with E-state index in [-0.39, 0.29) is 22.8 Å². The van der Waals surface area contributed by atoms with Gasteiger partial charge in [0.15, 0.2) is 17.3 Å². The quantitative estimate of drug-likeness (QED) is 0.676. The molecule has 0 bridgehead atoms. The summed E-state index contributed by atoms with van der Waals surface area (Å²) in [6.07, 6.45) is 3.09. The summed E-state index contributed by atoms with van der Waals surface area (Å²) in [6, 6.07) is 12.1. The topological polar surface area (TPSA) is 55.8 Å². The number of para-hydroxylation sites is 1. The molecule has 0 heterocycles. The number of hydrogen-bond donors (Lipinski definition) is 1. The number of phenols is 1. The van der Waals surface area contributed by atoms with Crippen LogP contribution in [-0.4, -0.2) is 25.1 Å². The van der Waals surface area contributed by atoms with Gasteiger partial charge in [-0.3, -0.25) is 4.79 Å². The van der Waals surface area contributed by atoms with Crippen molar-refractivity contribution < 1.29 is 19.4 Å². The maximum absolute atomic E-state index is 12.1. The van der Waals surface area contributed by atoms with E-state index in [2.05, 4.69) is 0 Å². The standard InChI is InChI=1S/C17H16O4/c1-20-13-9-6-12(7-10-13)8-11-15(18)14-4-3-5-16(21-2)17(14)19/h3-11,19H,1-2H3. The zero-order chi connectivity index (χ0) is 15.2. The summed E-state index contributed by atoms with van der Waals surface area (Å²) in [5.41, 5.74) is 1.07. The van der Waals surface area contributed by atoms with Crippen LogP contribution in [0, 0.1) is 0 Å². The van der Waals surface area contributed by atoms with Crippen LogP contribution in [0.3, 0.4) is 0 Å². The number of methoxy groups -OCH3 is 2. The minimum Gasteiger partial charge on any atom is -0.504 e. The third-order valence-corrected chi connectivity index (χ3v) is 3.03. The summed E-state index contributed by atoms with van der Waals surface area (Å²) in [5, 5.41) is 9.93. The molecule has 2 rings (SSSR count). The highest BCUT2D eigenvalue weighted by atomic mass is 16.5. The van der Waals surface area contributed by atoms with Gasteiger partial charge >= 0.3 is 0 Å². The number of aromatic hydroxyl groups is 1. The van der Waals surface area contributed by atoms with E-state index in [1.165, 1.54) is 13.2 Å². The average Bonchev–Trinajstić information content (AvgIpc) is 2.53. The summed E-state index contributed by atoms with van der Waals surface area (Å²) in [5.74, 6) is 0.592. The van der Waals surface area contributed by atoms with E-state index < -0.39 is 0 Å². The maximum Gasteiger partial charge on any atom is 0.189 e. The van der Waals surface area contributed by atoms with Crippen molar-refractivity contribution in [2.24, 2.45) is 0 Å². The molecule has 2 aromatic carbocycles. The van der Waals surface area contributed by atoms with E-state index >= 15 is 0 Å². The molecule has 0 spiro atoms. The van der Waals surface area contributed by atoms with Crippen LogP contribution in [0.25, 0.3) is 6.08 Å². The summed E-state index contributed by atoms with van der Waals surface area (Å²) in [7, 11) is 3.04. The monoisotopic (exact) mass is 284 g/mol. The Labute approximate surface area is 123 Å². The molecule has 108 valence electrons. The van der Waals surface area contributed by atoms with Gasteiger partial charge < -0.3 is 14.6 Å². The second-order valence-corrected chi connectivity index (χ2v) is 4.33. The highest BCUT2D eigenvalue weighted by Gasteiger charge is 2.12. The van der Waals surface area contributed by atoms with Crippen LogP contribution in [0.1, 0.15) is 15.9 Å². The van der Waals surface area contributed by atoms with Gasteiger partial charge in [-0.15, -0.1) is 0 Å². The molecule has 0 atom stereocenters. The molecule has 0 aromatic heterocycles. The smallest absolute Gasteiger partial charge is 0.189 e. The fourth-order valence-electron chi connectivity index (χ4n) is 1.86. The fourth-order valence-corrected chi connectivity index (χ4v) is 1.86. The summed E-state index contributed by atoms with van der Waals surface area (Å²) in [4.78, 5) is 12.1. The van der Waals surface area contributed by atoms with Crippen molar-refractivity contribution in [3.8, 4) is 17.2 Å². The van der Waals surface area contributed by atoms with Crippen LogP contribution < -0.4 is 9.47 Å². The van der Waals surface area contributed by atoms with E-state index in [4.69, 9.17) is 9.47 Å². The van der Waals surface area contributed by atoms with Gasteiger partial charge in [0.25, 0.3) is 0 Å². The summed E-state index contributed by atoms with van der Waals surface area (Å²) >= 11 is 0. The SMILES string of the molecule is COc1ccc(C=CC(=O)c2cccc(OC)c2O)cc1. The van der Waals surface area contributed by atoms with Crippen LogP contribution in [0.5, 0.6) is 17.2 Å². The molecule has 0 aliphatic carbocycles. The molecule has 21 heavy (non-hydrogen) atoms. The first-order valence-corrected chi connectivity index (χ1v) is 6.38. The van der Waals surface area contributed by atoms with Crippen molar-refractivity contribution in [3.63, 3.8) is 0 Å². The molecular formula is C17H16O4. The Kier molecular flexibility index (Phi) is 4.61. The van der Waals surface area contributed by atoms with Crippen molar-refractivity contribution in [1.82, 2.24) is 0 Å². The van der Waals surface area contributed by atoms with Gasteiger partial charge in [0.2, 0.25) is 0 Å². The van der Waals surface area contributed by atoms with E-state index in [1.54, 1.807) is 31.4 Å². The van der Waals surface area contributed by atoms with Crippen LogP contribution >= 0.6 is 0 Å². The molecule has 2 aromatic rings. The Bertz CT molecular complexity index is 657. The molecular weight excluding hydrogens is 268 g/mol. The van der Waals surface area contributed by atoms with Gasteiger partial charge in [0.1, 0.15) is 5.75 Å². The van der Waals surface area contributed by atoms with Gasteiger partial charge in [0.05, 0.1) is 19.8 Å². The first-order chi connectivity index (χ1) is 10.2. The summed E-state index contributed by atoms with van der Waals surface area (Å²) in [6.45, 7) is 0. The molecule has 1 N–H and O–H groups in total. The molecule has 4 heteroatoms. The van der Waals surface area contributed by atoms with Gasteiger partial charge in [-0.1, -0.05) is 24.3 Å². The summed E-state index contributed by atoms with van der Waals surface area (Å²) < 4.78 is 10.1. The molecule has 0 unspecified atom stereocenters. The van der Waals surface area contributed by atoms with Crippen LogP contribution in [-0.2, 0) is 0 Å². The molecule has 0 fully saturated rings. The van der Waals surface area contributed by atoms with Crippen molar-refractivity contribution in [2.75, 3.05) is 14.2 Å². The minimum absolute atomic E-state index is 0.149. The van der Waals surface area contributed by atoms with Gasteiger partial charge in [-0.25, -0.2) is 0 Å². The minimum atomic E-state index is -0.290. The first kappa shape index (κ1) is 14.7. The third-order valence-electron chi connectivity index (χ3n) is 3.03. The Morgan fingerprint density at radius 3 is 2.38 bits per heavy atom. The van der Waals surface area contributed by atoms with Gasteiger partial charge in [-0.2, -0.15) is 0 Å². The predicted octanol–water partition coefficient (Wildman–Crippen LogP) is 3.31. The van der Waals surface area contributed by atoms with Gasteiger partial charge in [0, 0.05) is 0 Å². The number of benzene rings is 2. The normalized spacial score (nSPS) is 10.6. The zero-order valence-corrected chi connectivity index (χ0v) is 11.9. The molecule has 0 saturated carbocycles. The number of ether oxygens (including phenoxy) is 2. The van der Waals surface area contributed by atoms with Crippen LogP contribution in [0.4, 0.5) is 0 Å². The highest BCUT2D eigenvalue weighted by molar-refractivity contribution is 6.09. The highest BCUT2D eigenvalue weighted by Crippen LogP contribution is 2.29. The average molecular weight is 284 g/mol. The van der Waals surface area contributed by atoms with Crippen LogP contribution in [0.2, 0.25) is 0 Å². The molecule has 0 aliphatic rings. The van der Waals surface area contributed by atoms with E-state index in [0.29, 0.717) is 0 Å². The number of phenolic OH excluding ortho intramolecular Hbond substituents is 1. The van der Waals surface area contributed by atoms with E-state index in [0.717, 1.165) is 11.3 Å². The lowest BCUT2D eigenvalue weighted by atomic mass is 10.1. The lowest BCUT2D eigenvalue weighted by Crippen LogP contribution is -1.96. The van der Waals surface area contributed by atoms with Crippen LogP contribution in [0.15, 0.2) is 48.5 Å². The Morgan fingerprint density at radius 2 is 1.76 bits per heavy atom. The van der Waals surface area contributed by atoms with Crippen molar-refractivity contribution >= 4 is 11.9 Å². The number of ketones is 1. The number of hydrogen-bond acceptors (Lipinski definition) is 4. The fraction of sp³-hybridized carbons (Fsp3) is 0.118. The van der Waals surface area contributed by atoms with Crippen molar-refractivity contribution in [2.45, 2.75) is 0 Å². The Balaban J connectivity index is 2.19. The van der Waals surface area contributed by atoms with E-state index in [1.807, 2.05) is 24.3 Å². The molecule has 0 amide bonds. The second-order valence-electron chi connectivity index (χ2n) is 4.33. The van der Waals surface area contributed by atoms with Crippen molar-refractivity contribution in [3.05, 3.63) is 59.7 Å². The Hall–Kier alpha value is -2.75. The largest absolute Gasteiger partial charge is 0.504 e. The molecule has 0 radical (unpaired) electrons. The number of carbonyl (C=O) groups excluding carboxylic acids is 1. The Morgan fingerprint density at radius 1 is 1.05 bits per heavy atom. The maximum atomic E-state index is 12.1.